The van der Waals surface area contributed by atoms with Crippen LogP contribution in [0.3, 0.4) is 0 Å². The van der Waals surface area contributed by atoms with Crippen LogP contribution in [0.2, 0.25) is 0 Å². The lowest BCUT2D eigenvalue weighted by atomic mass is 10.1. The molecule has 1 atom stereocenters. The van der Waals surface area contributed by atoms with Crippen molar-refractivity contribution in [2.75, 3.05) is 0 Å². The number of H-pyrrole nitrogens is 1. The van der Waals surface area contributed by atoms with Crippen molar-refractivity contribution in [3.8, 4) is 17.3 Å². The van der Waals surface area contributed by atoms with Crippen LogP contribution < -0.4 is 5.32 Å². The van der Waals surface area contributed by atoms with Crippen LogP contribution >= 0.6 is 0 Å². The molecular formula is C23H23FN4O2. The third-order valence-corrected chi connectivity index (χ3v) is 4.30. The van der Waals surface area contributed by atoms with E-state index in [0.717, 1.165) is 5.56 Å². The summed E-state index contributed by atoms with van der Waals surface area (Å²) in [7, 11) is 0. The first-order valence-electron chi connectivity index (χ1n) is 9.53. The molecule has 0 aliphatic rings. The lowest BCUT2D eigenvalue weighted by Gasteiger charge is -2.23. The van der Waals surface area contributed by atoms with E-state index in [1.807, 2.05) is 30.3 Å². The molecule has 30 heavy (non-hydrogen) atoms. The molecule has 3 rings (SSSR count). The summed E-state index contributed by atoms with van der Waals surface area (Å²) in [6.07, 6.45) is 1.52. The van der Waals surface area contributed by atoms with Gasteiger partial charge in [-0.25, -0.2) is 14.2 Å². The Morgan fingerprint density at radius 2 is 2.00 bits per heavy atom. The zero-order valence-corrected chi connectivity index (χ0v) is 17.1. The SMILES string of the molecule is CC(C)(C)OC(=O)NC(Cc1ccccc1)c1ncc(-c2ccc(C#N)c(F)c2)[nH]1. The maximum atomic E-state index is 14.0. The van der Waals surface area contributed by atoms with Crippen molar-refractivity contribution in [2.45, 2.75) is 38.8 Å². The molecule has 1 unspecified atom stereocenters. The Morgan fingerprint density at radius 1 is 1.27 bits per heavy atom. The Bertz CT molecular complexity index is 1060. The fourth-order valence-electron chi connectivity index (χ4n) is 2.95. The fraction of sp³-hybridized carbons (Fsp3) is 0.261. The number of halogens is 1. The quantitative estimate of drug-likeness (QED) is 0.631. The van der Waals surface area contributed by atoms with Gasteiger partial charge in [-0.05, 0) is 38.5 Å². The lowest BCUT2D eigenvalue weighted by molar-refractivity contribution is 0.0501. The Labute approximate surface area is 174 Å². The van der Waals surface area contributed by atoms with Crippen molar-refractivity contribution in [3.05, 3.63) is 77.5 Å². The van der Waals surface area contributed by atoms with Gasteiger partial charge in [0, 0.05) is 12.0 Å². The Morgan fingerprint density at radius 3 is 2.63 bits per heavy atom. The van der Waals surface area contributed by atoms with Crippen LogP contribution in [-0.2, 0) is 11.2 Å². The first kappa shape index (κ1) is 21.1. The molecule has 0 saturated carbocycles. The predicted molar refractivity (Wildman–Crippen MR) is 111 cm³/mol. The average molecular weight is 406 g/mol. The second-order valence-corrected chi connectivity index (χ2v) is 7.88. The molecule has 154 valence electrons. The zero-order chi connectivity index (χ0) is 21.7. The fourth-order valence-corrected chi connectivity index (χ4v) is 2.95. The van der Waals surface area contributed by atoms with Crippen LogP contribution in [0.25, 0.3) is 11.3 Å². The van der Waals surface area contributed by atoms with Crippen LogP contribution in [0.1, 0.15) is 43.8 Å². The number of alkyl carbamates (subject to hydrolysis) is 1. The van der Waals surface area contributed by atoms with E-state index >= 15 is 0 Å². The van der Waals surface area contributed by atoms with Crippen LogP contribution in [0.4, 0.5) is 9.18 Å². The number of nitriles is 1. The van der Waals surface area contributed by atoms with Crippen LogP contribution in [-0.4, -0.2) is 21.7 Å². The lowest BCUT2D eigenvalue weighted by Crippen LogP contribution is -2.36. The standard InChI is InChI=1S/C23H23FN4O2/c1-23(2,3)30-22(29)28-19(11-15-7-5-4-6-8-15)21-26-14-20(27-21)16-9-10-17(13-25)18(24)12-16/h4-10,12,14,19H,11H2,1-3H3,(H,26,27)(H,28,29). The average Bonchev–Trinajstić information content (AvgIpc) is 3.17. The summed E-state index contributed by atoms with van der Waals surface area (Å²) in [5.74, 6) is -0.0802. The highest BCUT2D eigenvalue weighted by Crippen LogP contribution is 2.24. The molecule has 1 amide bonds. The van der Waals surface area contributed by atoms with Crippen molar-refractivity contribution in [1.29, 1.82) is 5.26 Å². The van der Waals surface area contributed by atoms with Gasteiger partial charge in [-0.15, -0.1) is 0 Å². The second kappa shape index (κ2) is 8.78. The van der Waals surface area contributed by atoms with Crippen molar-refractivity contribution < 1.29 is 13.9 Å². The van der Waals surface area contributed by atoms with Crippen LogP contribution in [0, 0.1) is 17.1 Å². The van der Waals surface area contributed by atoms with E-state index in [1.165, 1.54) is 12.1 Å². The van der Waals surface area contributed by atoms with E-state index in [0.29, 0.717) is 23.5 Å². The molecule has 6 nitrogen and oxygen atoms in total. The van der Waals surface area contributed by atoms with E-state index in [2.05, 4.69) is 15.3 Å². The summed E-state index contributed by atoms with van der Waals surface area (Å²) in [5, 5.41) is 11.8. The molecule has 0 saturated heterocycles. The third kappa shape index (κ3) is 5.45. The Kier molecular flexibility index (Phi) is 6.17. The molecule has 0 aliphatic carbocycles. The van der Waals surface area contributed by atoms with E-state index in [1.54, 1.807) is 39.1 Å². The van der Waals surface area contributed by atoms with Gasteiger partial charge in [0.05, 0.1) is 23.5 Å². The van der Waals surface area contributed by atoms with Crippen molar-refractivity contribution >= 4 is 6.09 Å². The number of nitrogens with zero attached hydrogens (tertiary/aromatic N) is 2. The molecule has 0 radical (unpaired) electrons. The van der Waals surface area contributed by atoms with Gasteiger partial charge < -0.3 is 15.0 Å². The number of nitrogens with one attached hydrogen (secondary N) is 2. The number of benzene rings is 2. The highest BCUT2D eigenvalue weighted by Gasteiger charge is 2.23. The number of carbonyl (C=O) groups is 1. The minimum Gasteiger partial charge on any atom is -0.444 e. The summed E-state index contributed by atoms with van der Waals surface area (Å²) in [6, 6.07) is 15.4. The molecule has 1 aromatic heterocycles. The third-order valence-electron chi connectivity index (χ3n) is 4.30. The van der Waals surface area contributed by atoms with Crippen molar-refractivity contribution in [2.24, 2.45) is 0 Å². The van der Waals surface area contributed by atoms with Gasteiger partial charge in [0.15, 0.2) is 0 Å². The molecule has 0 fully saturated rings. The number of amides is 1. The summed E-state index contributed by atoms with van der Waals surface area (Å²) in [4.78, 5) is 19.9. The second-order valence-electron chi connectivity index (χ2n) is 7.88. The molecule has 1 heterocycles. The van der Waals surface area contributed by atoms with Crippen LogP contribution in [0.15, 0.2) is 54.7 Å². The molecule has 3 aromatic rings. The first-order valence-corrected chi connectivity index (χ1v) is 9.53. The summed E-state index contributed by atoms with van der Waals surface area (Å²) < 4.78 is 19.4. The van der Waals surface area contributed by atoms with Gasteiger partial charge in [0.1, 0.15) is 23.3 Å². The molecule has 0 aliphatic heterocycles. The van der Waals surface area contributed by atoms with E-state index in [-0.39, 0.29) is 5.56 Å². The topological polar surface area (TPSA) is 90.8 Å². The van der Waals surface area contributed by atoms with Crippen LogP contribution in [0.5, 0.6) is 0 Å². The largest absolute Gasteiger partial charge is 0.444 e. The molecule has 7 heteroatoms. The van der Waals surface area contributed by atoms with Gasteiger partial charge in [-0.1, -0.05) is 36.4 Å². The maximum Gasteiger partial charge on any atom is 0.408 e. The minimum absolute atomic E-state index is 0.0213. The normalized spacial score (nSPS) is 12.1. The maximum absolute atomic E-state index is 14.0. The molecule has 0 bridgehead atoms. The molecule has 0 spiro atoms. The van der Waals surface area contributed by atoms with Crippen molar-refractivity contribution in [3.63, 3.8) is 0 Å². The number of aromatic amines is 1. The molecular weight excluding hydrogens is 383 g/mol. The van der Waals surface area contributed by atoms with Gasteiger partial charge >= 0.3 is 6.09 Å². The smallest absolute Gasteiger partial charge is 0.408 e. The van der Waals surface area contributed by atoms with Gasteiger partial charge in [0.25, 0.3) is 0 Å². The number of aromatic nitrogens is 2. The monoisotopic (exact) mass is 406 g/mol. The highest BCUT2D eigenvalue weighted by molar-refractivity contribution is 5.68. The number of carbonyl (C=O) groups excluding carboxylic acids is 1. The number of imidazole rings is 1. The predicted octanol–water partition coefficient (Wildman–Crippen LogP) is 4.90. The number of rotatable bonds is 5. The van der Waals surface area contributed by atoms with E-state index in [9.17, 15) is 9.18 Å². The Hall–Kier alpha value is -3.66. The Balaban J connectivity index is 1.87. The van der Waals surface area contributed by atoms with Gasteiger partial charge in [-0.3, -0.25) is 0 Å². The summed E-state index contributed by atoms with van der Waals surface area (Å²) in [6.45, 7) is 5.38. The highest BCUT2D eigenvalue weighted by atomic mass is 19.1. The van der Waals surface area contributed by atoms with E-state index in [4.69, 9.17) is 10.00 Å². The minimum atomic E-state index is -0.629. The summed E-state index contributed by atoms with van der Waals surface area (Å²) in [5.41, 5.74) is 1.50. The first-order chi connectivity index (χ1) is 14.2. The number of hydrogen-bond acceptors (Lipinski definition) is 4. The van der Waals surface area contributed by atoms with Gasteiger partial charge in [-0.2, -0.15) is 5.26 Å². The summed E-state index contributed by atoms with van der Waals surface area (Å²) >= 11 is 0. The number of ether oxygens (including phenoxy) is 1. The van der Waals surface area contributed by atoms with Gasteiger partial charge in [0.2, 0.25) is 0 Å². The molecule has 2 aromatic carbocycles. The molecule has 2 N–H and O–H groups in total. The van der Waals surface area contributed by atoms with E-state index < -0.39 is 23.6 Å². The van der Waals surface area contributed by atoms with Crippen molar-refractivity contribution in [1.82, 2.24) is 15.3 Å². The zero-order valence-electron chi connectivity index (χ0n) is 17.1. The number of hydrogen-bond donors (Lipinski definition) is 2.